The molecule has 1 amide bonds. The number of benzene rings is 1. The minimum atomic E-state index is -0.100. The van der Waals surface area contributed by atoms with E-state index < -0.39 is 0 Å². The summed E-state index contributed by atoms with van der Waals surface area (Å²) in [6.07, 6.45) is 3.63. The molecule has 3 aromatic rings. The first kappa shape index (κ1) is 16.7. The molecule has 0 bridgehead atoms. The van der Waals surface area contributed by atoms with Gasteiger partial charge in [0.25, 0.3) is 5.56 Å². The van der Waals surface area contributed by atoms with Gasteiger partial charge in [-0.05, 0) is 12.1 Å². The number of aromatic nitrogens is 3. The van der Waals surface area contributed by atoms with Gasteiger partial charge >= 0.3 is 0 Å². The number of carbonyl (C=O) groups excluding carboxylic acids is 1. The third-order valence-electron chi connectivity index (χ3n) is 4.62. The Morgan fingerprint density at radius 2 is 1.92 bits per heavy atom. The Balaban J connectivity index is 1.36. The molecule has 3 heterocycles. The lowest BCUT2D eigenvalue weighted by atomic mass is 10.2. The number of fused-ring (bicyclic) bond motifs is 1. The van der Waals surface area contributed by atoms with Crippen molar-refractivity contribution in [1.82, 2.24) is 19.4 Å². The second-order valence-corrected chi connectivity index (χ2v) is 7.07. The first-order valence-corrected chi connectivity index (χ1v) is 9.47. The van der Waals surface area contributed by atoms with Crippen molar-refractivity contribution in [2.24, 2.45) is 0 Å². The average molecular weight is 369 g/mol. The highest BCUT2D eigenvalue weighted by Crippen LogP contribution is 2.19. The van der Waals surface area contributed by atoms with E-state index >= 15 is 0 Å². The van der Waals surface area contributed by atoms with Gasteiger partial charge in [0, 0.05) is 50.7 Å². The summed E-state index contributed by atoms with van der Waals surface area (Å²) in [6, 6.07) is 7.26. The number of hydrogen-bond acceptors (Lipinski definition) is 6. The van der Waals surface area contributed by atoms with Gasteiger partial charge < -0.3 is 9.80 Å². The Kier molecular flexibility index (Phi) is 4.66. The van der Waals surface area contributed by atoms with E-state index in [9.17, 15) is 9.59 Å². The first-order chi connectivity index (χ1) is 12.7. The van der Waals surface area contributed by atoms with Crippen molar-refractivity contribution in [1.29, 1.82) is 0 Å². The molecule has 0 saturated carbocycles. The maximum atomic E-state index is 12.5. The average Bonchev–Trinajstić information content (AvgIpc) is 3.22. The lowest BCUT2D eigenvalue weighted by Crippen LogP contribution is -2.49. The van der Waals surface area contributed by atoms with Crippen LogP contribution in [0, 0.1) is 0 Å². The zero-order valence-electron chi connectivity index (χ0n) is 14.2. The summed E-state index contributed by atoms with van der Waals surface area (Å²) in [4.78, 5) is 37.7. The Morgan fingerprint density at radius 3 is 2.69 bits per heavy atom. The molecule has 26 heavy (non-hydrogen) atoms. The van der Waals surface area contributed by atoms with Gasteiger partial charge in [0.2, 0.25) is 5.91 Å². The third kappa shape index (κ3) is 3.32. The van der Waals surface area contributed by atoms with Crippen molar-refractivity contribution in [3.05, 3.63) is 52.5 Å². The normalized spacial score (nSPS) is 14.8. The Morgan fingerprint density at radius 1 is 1.12 bits per heavy atom. The molecule has 1 fully saturated rings. The summed E-state index contributed by atoms with van der Waals surface area (Å²) < 4.78 is 1.52. The molecule has 0 unspecified atom stereocenters. The van der Waals surface area contributed by atoms with E-state index in [1.54, 1.807) is 23.6 Å². The van der Waals surface area contributed by atoms with Crippen LogP contribution in [0.2, 0.25) is 0 Å². The molecule has 1 aliphatic heterocycles. The van der Waals surface area contributed by atoms with E-state index in [2.05, 4.69) is 14.9 Å². The van der Waals surface area contributed by atoms with Gasteiger partial charge in [-0.3, -0.25) is 14.2 Å². The molecule has 0 aliphatic carbocycles. The van der Waals surface area contributed by atoms with Gasteiger partial charge in [-0.1, -0.05) is 12.1 Å². The molecule has 1 aliphatic rings. The van der Waals surface area contributed by atoms with Crippen molar-refractivity contribution >= 4 is 33.3 Å². The SMILES string of the molecule is O=C(CCn1cnc2ccccc2c1=O)N1CCN(c2nccs2)CC1. The summed E-state index contributed by atoms with van der Waals surface area (Å²) in [7, 11) is 0. The lowest BCUT2D eigenvalue weighted by molar-refractivity contribution is -0.131. The van der Waals surface area contributed by atoms with E-state index in [1.807, 2.05) is 28.5 Å². The van der Waals surface area contributed by atoms with Gasteiger partial charge in [0.1, 0.15) is 0 Å². The number of rotatable bonds is 4. The highest BCUT2D eigenvalue weighted by molar-refractivity contribution is 7.13. The van der Waals surface area contributed by atoms with Gasteiger partial charge in [0.15, 0.2) is 5.13 Å². The Bertz CT molecular complexity index is 961. The minimum absolute atomic E-state index is 0.0730. The maximum Gasteiger partial charge on any atom is 0.261 e. The van der Waals surface area contributed by atoms with Crippen LogP contribution in [0.4, 0.5) is 5.13 Å². The number of aryl methyl sites for hydroxylation is 1. The molecule has 7 nitrogen and oxygen atoms in total. The number of hydrogen-bond donors (Lipinski definition) is 0. The number of anilines is 1. The lowest BCUT2D eigenvalue weighted by Gasteiger charge is -2.34. The van der Waals surface area contributed by atoms with Gasteiger partial charge in [-0.2, -0.15) is 0 Å². The van der Waals surface area contributed by atoms with Crippen molar-refractivity contribution < 1.29 is 4.79 Å². The molecule has 0 atom stereocenters. The molecular formula is C18H19N5O2S. The van der Waals surface area contributed by atoms with Crippen LogP contribution < -0.4 is 10.5 Å². The van der Waals surface area contributed by atoms with Gasteiger partial charge in [-0.25, -0.2) is 9.97 Å². The van der Waals surface area contributed by atoms with Gasteiger partial charge in [-0.15, -0.1) is 11.3 Å². The monoisotopic (exact) mass is 369 g/mol. The predicted octanol–water partition coefficient (Wildman–Crippen LogP) is 1.59. The fourth-order valence-corrected chi connectivity index (χ4v) is 3.86. The molecule has 134 valence electrons. The summed E-state index contributed by atoms with van der Waals surface area (Å²) in [6.45, 7) is 3.29. The smallest absolute Gasteiger partial charge is 0.261 e. The van der Waals surface area contributed by atoms with Crippen molar-refractivity contribution in [2.75, 3.05) is 31.1 Å². The largest absolute Gasteiger partial charge is 0.345 e. The van der Waals surface area contributed by atoms with Crippen LogP contribution in [0.3, 0.4) is 0 Å². The third-order valence-corrected chi connectivity index (χ3v) is 5.45. The fraction of sp³-hybridized carbons (Fsp3) is 0.333. The zero-order chi connectivity index (χ0) is 17.9. The number of carbonyl (C=O) groups is 1. The van der Waals surface area contributed by atoms with E-state index in [1.165, 1.54) is 10.9 Å². The molecule has 8 heteroatoms. The number of para-hydroxylation sites is 1. The highest BCUT2D eigenvalue weighted by atomic mass is 32.1. The van der Waals surface area contributed by atoms with Crippen LogP contribution in [0.25, 0.3) is 10.9 Å². The summed E-state index contributed by atoms with van der Waals surface area (Å²) >= 11 is 1.62. The maximum absolute atomic E-state index is 12.5. The minimum Gasteiger partial charge on any atom is -0.345 e. The second kappa shape index (κ2) is 7.25. The zero-order valence-corrected chi connectivity index (χ0v) is 15.1. The summed E-state index contributed by atoms with van der Waals surface area (Å²) in [5.74, 6) is 0.0730. The molecule has 0 N–H and O–H groups in total. The number of piperazine rings is 1. The fourth-order valence-electron chi connectivity index (χ4n) is 3.16. The van der Waals surface area contributed by atoms with E-state index in [-0.39, 0.29) is 11.5 Å². The van der Waals surface area contributed by atoms with Crippen LogP contribution in [0.15, 0.2) is 47.0 Å². The molecule has 0 spiro atoms. The molecule has 0 radical (unpaired) electrons. The number of amides is 1. The van der Waals surface area contributed by atoms with E-state index in [4.69, 9.17) is 0 Å². The quantitative estimate of drug-likeness (QED) is 0.698. The summed E-state index contributed by atoms with van der Waals surface area (Å²) in [5.41, 5.74) is 0.579. The van der Waals surface area contributed by atoms with Crippen LogP contribution in [0.5, 0.6) is 0 Å². The van der Waals surface area contributed by atoms with Crippen molar-refractivity contribution in [2.45, 2.75) is 13.0 Å². The van der Waals surface area contributed by atoms with Gasteiger partial charge in [0.05, 0.1) is 17.2 Å². The molecule has 4 rings (SSSR count). The predicted molar refractivity (Wildman–Crippen MR) is 102 cm³/mol. The number of nitrogens with zero attached hydrogens (tertiary/aromatic N) is 5. The molecule has 2 aromatic heterocycles. The standard InChI is InChI=1S/C18H19N5O2S/c24-16(21-8-10-22(11-9-21)18-19-6-12-26-18)5-7-23-13-20-15-4-2-1-3-14(15)17(23)25/h1-4,6,12-13H,5,7-11H2. The van der Waals surface area contributed by atoms with Crippen molar-refractivity contribution in [3.8, 4) is 0 Å². The Labute approximate surface area is 154 Å². The first-order valence-electron chi connectivity index (χ1n) is 8.59. The van der Waals surface area contributed by atoms with Crippen LogP contribution in [-0.2, 0) is 11.3 Å². The summed E-state index contributed by atoms with van der Waals surface area (Å²) in [5, 5.41) is 3.55. The van der Waals surface area contributed by atoms with E-state index in [0.29, 0.717) is 37.0 Å². The van der Waals surface area contributed by atoms with Crippen LogP contribution in [0.1, 0.15) is 6.42 Å². The Hall–Kier alpha value is -2.74. The molecular weight excluding hydrogens is 350 g/mol. The number of thiazole rings is 1. The molecule has 1 saturated heterocycles. The topological polar surface area (TPSA) is 71.3 Å². The second-order valence-electron chi connectivity index (χ2n) is 6.19. The van der Waals surface area contributed by atoms with Crippen LogP contribution in [-0.4, -0.2) is 51.5 Å². The van der Waals surface area contributed by atoms with E-state index in [0.717, 1.165) is 18.2 Å². The molecule has 1 aromatic carbocycles. The highest BCUT2D eigenvalue weighted by Gasteiger charge is 2.22. The van der Waals surface area contributed by atoms with Crippen molar-refractivity contribution in [3.63, 3.8) is 0 Å². The van der Waals surface area contributed by atoms with Crippen LogP contribution >= 0.6 is 11.3 Å².